The van der Waals surface area contributed by atoms with Gasteiger partial charge in [0, 0.05) is 11.8 Å². The van der Waals surface area contributed by atoms with Crippen molar-refractivity contribution >= 4 is 37.5 Å². The van der Waals surface area contributed by atoms with E-state index in [1.807, 2.05) is 12.3 Å². The molecule has 0 aliphatic rings. The fourth-order valence-electron chi connectivity index (χ4n) is 3.88. The van der Waals surface area contributed by atoms with Crippen LogP contribution in [0, 0.1) is 0 Å². The van der Waals surface area contributed by atoms with E-state index < -0.39 is 0 Å². The summed E-state index contributed by atoms with van der Waals surface area (Å²) < 4.78 is 0.848. The first-order chi connectivity index (χ1) is 13.3. The Morgan fingerprint density at radius 2 is 0.963 bits per heavy atom. The molecule has 0 unspecified atom stereocenters. The third-order valence-electron chi connectivity index (χ3n) is 5.01. The molecule has 0 amide bonds. The molecule has 1 heterocycles. The van der Waals surface area contributed by atoms with Crippen LogP contribution in [0.3, 0.4) is 0 Å². The Hall–Kier alpha value is -2.97. The van der Waals surface area contributed by atoms with Gasteiger partial charge in [0.1, 0.15) is 4.60 Å². The molecule has 2 heteroatoms. The van der Waals surface area contributed by atoms with Crippen molar-refractivity contribution in [1.82, 2.24) is 4.98 Å². The molecular formula is C25H16BrN. The van der Waals surface area contributed by atoms with Gasteiger partial charge in [0.15, 0.2) is 0 Å². The molecule has 0 aliphatic heterocycles. The fraction of sp³-hybridized carbons (Fsp3) is 0. The lowest BCUT2D eigenvalue weighted by molar-refractivity contribution is 1.28. The lowest BCUT2D eigenvalue weighted by Gasteiger charge is -2.17. The van der Waals surface area contributed by atoms with E-state index in [0.717, 1.165) is 10.2 Å². The van der Waals surface area contributed by atoms with E-state index in [9.17, 15) is 0 Å². The van der Waals surface area contributed by atoms with Gasteiger partial charge in [-0.15, -0.1) is 0 Å². The van der Waals surface area contributed by atoms with Crippen molar-refractivity contribution in [3.8, 4) is 22.3 Å². The number of benzene rings is 4. The molecule has 0 bridgehead atoms. The van der Waals surface area contributed by atoms with Gasteiger partial charge in [-0.25, -0.2) is 4.98 Å². The fourth-order valence-corrected chi connectivity index (χ4v) is 4.11. The average Bonchev–Trinajstić information content (AvgIpc) is 2.73. The van der Waals surface area contributed by atoms with Gasteiger partial charge in [0.2, 0.25) is 0 Å². The molecule has 0 spiro atoms. The molecule has 5 aromatic rings. The molecule has 0 N–H and O–H groups in total. The SMILES string of the molecule is Brc1ccc(-c2c3ccccc3c(-c3ccccc3)c3ccccc23)cn1. The first kappa shape index (κ1) is 16.2. The van der Waals surface area contributed by atoms with Crippen LogP contribution in [-0.4, -0.2) is 4.98 Å². The monoisotopic (exact) mass is 409 g/mol. The van der Waals surface area contributed by atoms with Gasteiger partial charge in [-0.2, -0.15) is 0 Å². The zero-order valence-electron chi connectivity index (χ0n) is 14.6. The summed E-state index contributed by atoms with van der Waals surface area (Å²) in [5.41, 5.74) is 4.90. The zero-order chi connectivity index (χ0) is 18.2. The quantitative estimate of drug-likeness (QED) is 0.217. The van der Waals surface area contributed by atoms with E-state index >= 15 is 0 Å². The Balaban J connectivity index is 1.99. The van der Waals surface area contributed by atoms with Crippen molar-refractivity contribution in [3.63, 3.8) is 0 Å². The predicted octanol–water partition coefficient (Wildman–Crippen LogP) is 7.48. The van der Waals surface area contributed by atoms with Gasteiger partial charge in [0.05, 0.1) is 0 Å². The largest absolute Gasteiger partial charge is 0.249 e. The Bertz CT molecular complexity index is 1200. The maximum Gasteiger partial charge on any atom is 0.106 e. The van der Waals surface area contributed by atoms with Gasteiger partial charge >= 0.3 is 0 Å². The molecule has 0 atom stereocenters. The second kappa shape index (κ2) is 6.64. The van der Waals surface area contributed by atoms with Crippen LogP contribution in [0.2, 0.25) is 0 Å². The van der Waals surface area contributed by atoms with Crippen LogP contribution in [0.25, 0.3) is 43.8 Å². The summed E-state index contributed by atoms with van der Waals surface area (Å²) >= 11 is 3.45. The Morgan fingerprint density at radius 3 is 1.44 bits per heavy atom. The van der Waals surface area contributed by atoms with Crippen molar-refractivity contribution in [2.45, 2.75) is 0 Å². The van der Waals surface area contributed by atoms with Crippen molar-refractivity contribution in [3.05, 3.63) is 102 Å². The van der Waals surface area contributed by atoms with Crippen LogP contribution in [-0.2, 0) is 0 Å². The molecule has 1 aromatic heterocycles. The average molecular weight is 410 g/mol. The molecule has 27 heavy (non-hydrogen) atoms. The van der Waals surface area contributed by atoms with E-state index in [1.165, 1.54) is 38.2 Å². The molecule has 5 rings (SSSR count). The highest BCUT2D eigenvalue weighted by Crippen LogP contribution is 2.43. The van der Waals surface area contributed by atoms with Crippen LogP contribution < -0.4 is 0 Å². The van der Waals surface area contributed by atoms with Crippen molar-refractivity contribution in [2.24, 2.45) is 0 Å². The summed E-state index contributed by atoms with van der Waals surface area (Å²) in [6.07, 6.45) is 1.94. The first-order valence-corrected chi connectivity index (χ1v) is 9.73. The minimum absolute atomic E-state index is 0.848. The summed E-state index contributed by atoms with van der Waals surface area (Å²) in [6.45, 7) is 0. The highest BCUT2D eigenvalue weighted by atomic mass is 79.9. The molecule has 4 aromatic carbocycles. The van der Waals surface area contributed by atoms with Gasteiger partial charge in [-0.05, 0) is 60.2 Å². The summed E-state index contributed by atoms with van der Waals surface area (Å²) in [6, 6.07) is 32.1. The van der Waals surface area contributed by atoms with Gasteiger partial charge in [-0.1, -0.05) is 84.9 Å². The third kappa shape index (κ3) is 2.73. The first-order valence-electron chi connectivity index (χ1n) is 8.94. The molecule has 0 saturated heterocycles. The minimum atomic E-state index is 0.848. The molecule has 0 radical (unpaired) electrons. The van der Waals surface area contributed by atoms with Crippen molar-refractivity contribution < 1.29 is 0 Å². The molecule has 128 valence electrons. The van der Waals surface area contributed by atoms with Gasteiger partial charge < -0.3 is 0 Å². The Morgan fingerprint density at radius 1 is 0.481 bits per heavy atom. The number of hydrogen-bond donors (Lipinski definition) is 0. The van der Waals surface area contributed by atoms with Crippen molar-refractivity contribution in [2.75, 3.05) is 0 Å². The molecule has 0 aliphatic carbocycles. The molecule has 0 fully saturated rings. The van der Waals surface area contributed by atoms with Crippen LogP contribution in [0.5, 0.6) is 0 Å². The summed E-state index contributed by atoms with van der Waals surface area (Å²) in [4.78, 5) is 4.47. The second-order valence-corrected chi connectivity index (χ2v) is 7.39. The smallest absolute Gasteiger partial charge is 0.106 e. The number of rotatable bonds is 2. The number of pyridine rings is 1. The number of halogens is 1. The second-order valence-electron chi connectivity index (χ2n) is 6.58. The standard InChI is InChI=1S/C25H16BrN/c26-23-15-14-18(16-27-23)25-21-12-6-4-10-19(21)24(17-8-2-1-3-9-17)20-11-5-7-13-22(20)25/h1-16H. The van der Waals surface area contributed by atoms with Gasteiger partial charge in [0.25, 0.3) is 0 Å². The van der Waals surface area contributed by atoms with E-state index in [0.29, 0.717) is 0 Å². The maximum absolute atomic E-state index is 4.47. The van der Waals surface area contributed by atoms with E-state index in [-0.39, 0.29) is 0 Å². The van der Waals surface area contributed by atoms with Crippen LogP contribution >= 0.6 is 15.9 Å². The maximum atomic E-state index is 4.47. The molecule has 0 saturated carbocycles. The Kier molecular flexibility index (Phi) is 3.99. The van der Waals surface area contributed by atoms with Crippen LogP contribution in [0.1, 0.15) is 0 Å². The summed E-state index contributed by atoms with van der Waals surface area (Å²) in [5.74, 6) is 0. The molecule has 1 nitrogen and oxygen atoms in total. The Labute approximate surface area is 166 Å². The molecular weight excluding hydrogens is 394 g/mol. The summed E-state index contributed by atoms with van der Waals surface area (Å²) in [5, 5.41) is 5.03. The van der Waals surface area contributed by atoms with Crippen molar-refractivity contribution in [1.29, 1.82) is 0 Å². The van der Waals surface area contributed by atoms with Gasteiger partial charge in [-0.3, -0.25) is 0 Å². The van der Waals surface area contributed by atoms with Crippen LogP contribution in [0.15, 0.2) is 102 Å². The number of aromatic nitrogens is 1. The normalized spacial score (nSPS) is 11.1. The predicted molar refractivity (Wildman–Crippen MR) is 118 cm³/mol. The lowest BCUT2D eigenvalue weighted by Crippen LogP contribution is -1.91. The zero-order valence-corrected chi connectivity index (χ0v) is 16.1. The minimum Gasteiger partial charge on any atom is -0.249 e. The lowest BCUT2D eigenvalue weighted by atomic mass is 9.86. The number of nitrogens with zero attached hydrogens (tertiary/aromatic N) is 1. The topological polar surface area (TPSA) is 12.9 Å². The van der Waals surface area contributed by atoms with E-state index in [4.69, 9.17) is 0 Å². The van der Waals surface area contributed by atoms with E-state index in [2.05, 4.69) is 106 Å². The third-order valence-corrected chi connectivity index (χ3v) is 5.48. The number of hydrogen-bond acceptors (Lipinski definition) is 1. The summed E-state index contributed by atoms with van der Waals surface area (Å²) in [7, 11) is 0. The van der Waals surface area contributed by atoms with Crippen LogP contribution in [0.4, 0.5) is 0 Å². The highest BCUT2D eigenvalue weighted by Gasteiger charge is 2.16. The van der Waals surface area contributed by atoms with E-state index in [1.54, 1.807) is 0 Å². The highest BCUT2D eigenvalue weighted by molar-refractivity contribution is 9.10. The number of fused-ring (bicyclic) bond motifs is 2.